The number of aryl methyl sites for hydroxylation is 2. The predicted molar refractivity (Wildman–Crippen MR) is 165 cm³/mol. The van der Waals surface area contributed by atoms with Gasteiger partial charge >= 0.3 is 0 Å². The van der Waals surface area contributed by atoms with Crippen molar-refractivity contribution in [3.63, 3.8) is 0 Å². The third kappa shape index (κ3) is 8.45. The molecule has 9 heteroatoms. The highest BCUT2D eigenvalue weighted by molar-refractivity contribution is 6.02. The molecule has 0 radical (unpaired) electrons. The van der Waals surface area contributed by atoms with Crippen molar-refractivity contribution in [2.45, 2.75) is 52.5 Å². The highest BCUT2D eigenvalue weighted by Crippen LogP contribution is 2.42. The Bertz CT molecular complexity index is 1510. The van der Waals surface area contributed by atoms with E-state index >= 15 is 0 Å². The van der Waals surface area contributed by atoms with Crippen LogP contribution in [0.1, 0.15) is 60.3 Å². The summed E-state index contributed by atoms with van der Waals surface area (Å²) in [6.07, 6.45) is 5.07. The third-order valence-electron chi connectivity index (χ3n) is 7.31. The maximum atomic E-state index is 12.9. The largest absolute Gasteiger partial charge is 0.508 e. The van der Waals surface area contributed by atoms with Crippen LogP contribution in [0.25, 0.3) is 22.5 Å². The van der Waals surface area contributed by atoms with Crippen LogP contribution < -0.4 is 5.32 Å². The Morgan fingerprint density at radius 1 is 0.907 bits per heavy atom. The Balaban J connectivity index is 0.000000996. The number of hydrogen-bond acceptors (Lipinski definition) is 7. The second-order valence-electron chi connectivity index (χ2n) is 10.6. The van der Waals surface area contributed by atoms with E-state index in [1.54, 1.807) is 6.07 Å². The van der Waals surface area contributed by atoms with E-state index in [0.29, 0.717) is 35.4 Å². The average Bonchev–Trinajstić information content (AvgIpc) is 3.43. The van der Waals surface area contributed by atoms with Crippen molar-refractivity contribution in [1.82, 2.24) is 15.4 Å². The minimum atomic E-state index is -0.833. The van der Waals surface area contributed by atoms with Gasteiger partial charge in [0.15, 0.2) is 11.5 Å². The molecular weight excluding hydrogens is 546 g/mol. The van der Waals surface area contributed by atoms with E-state index in [4.69, 9.17) is 14.4 Å². The van der Waals surface area contributed by atoms with Crippen molar-refractivity contribution >= 4 is 11.9 Å². The van der Waals surface area contributed by atoms with E-state index in [1.165, 1.54) is 30.9 Å². The number of aromatic nitrogens is 1. The minimum Gasteiger partial charge on any atom is -0.508 e. The van der Waals surface area contributed by atoms with Gasteiger partial charge in [0.05, 0.1) is 11.1 Å². The monoisotopic (exact) mass is 585 g/mol. The summed E-state index contributed by atoms with van der Waals surface area (Å²) in [7, 11) is 0. The van der Waals surface area contributed by atoms with Crippen LogP contribution in [0.4, 0.5) is 0 Å². The first-order valence-electron chi connectivity index (χ1n) is 14.6. The number of aliphatic carboxylic acids is 1. The van der Waals surface area contributed by atoms with Crippen LogP contribution in [0, 0.1) is 0 Å². The molecule has 226 valence electrons. The number of benzene rings is 3. The van der Waals surface area contributed by atoms with E-state index < -0.39 is 5.97 Å². The highest BCUT2D eigenvalue weighted by atomic mass is 16.5. The Hall–Kier alpha value is -4.63. The number of likely N-dealkylation sites (tertiary alicyclic amines) is 1. The molecule has 0 saturated carbocycles. The number of aromatic hydroxyl groups is 2. The van der Waals surface area contributed by atoms with Gasteiger partial charge in [0.1, 0.15) is 11.5 Å². The number of nitrogens with one attached hydrogen (secondary N) is 1. The number of nitrogens with zero attached hydrogens (tertiary/aromatic N) is 2. The van der Waals surface area contributed by atoms with Gasteiger partial charge in [-0.3, -0.25) is 14.5 Å². The van der Waals surface area contributed by atoms with Crippen LogP contribution in [0.5, 0.6) is 11.5 Å². The molecule has 1 aliphatic heterocycles. The Labute approximate surface area is 251 Å². The molecule has 1 aromatic heterocycles. The second-order valence-corrected chi connectivity index (χ2v) is 10.6. The molecule has 1 aliphatic rings. The quantitative estimate of drug-likeness (QED) is 0.187. The number of piperidine rings is 1. The third-order valence-corrected chi connectivity index (χ3v) is 7.31. The summed E-state index contributed by atoms with van der Waals surface area (Å²) in [5.41, 5.74) is 4.85. The van der Waals surface area contributed by atoms with Crippen LogP contribution in [0.2, 0.25) is 0 Å². The lowest BCUT2D eigenvalue weighted by Crippen LogP contribution is -2.29. The number of carboxylic acid groups (broad SMARTS) is 1. The Morgan fingerprint density at radius 2 is 1.58 bits per heavy atom. The molecule has 1 fully saturated rings. The van der Waals surface area contributed by atoms with Gasteiger partial charge in [0.2, 0.25) is 0 Å². The Kier molecular flexibility index (Phi) is 10.9. The van der Waals surface area contributed by atoms with Gasteiger partial charge in [-0.05, 0) is 74.0 Å². The standard InChI is InChI=1S/C32H35N3O4.C2H4O2/c1-2-33-32(38)30-29(24-14-12-23(13-15-24)21-35-17-7-4-8-18-35)31(39-34-30)26-19-25(27(36)20-28(26)37)16-11-22-9-5-3-6-10-22;1-2(3)4/h3,5-6,9-10,12-15,19-20,36-37H,2,4,7-8,11,16-18,21H2,1H3,(H,33,38);1H3,(H,3,4). The number of carboxylic acids is 1. The Morgan fingerprint density at radius 3 is 2.23 bits per heavy atom. The van der Waals surface area contributed by atoms with Crippen molar-refractivity contribution in [3.05, 3.63) is 89.1 Å². The molecular formula is C34H39N3O6. The van der Waals surface area contributed by atoms with Crippen molar-refractivity contribution in [2.24, 2.45) is 0 Å². The molecule has 3 aromatic carbocycles. The maximum Gasteiger partial charge on any atom is 0.300 e. The summed E-state index contributed by atoms with van der Waals surface area (Å²) in [5.74, 6) is -1.02. The number of rotatable bonds is 9. The van der Waals surface area contributed by atoms with Gasteiger partial charge in [-0.2, -0.15) is 0 Å². The number of carbonyl (C=O) groups excluding carboxylic acids is 1. The van der Waals surface area contributed by atoms with Crippen molar-refractivity contribution < 1.29 is 29.4 Å². The van der Waals surface area contributed by atoms with Crippen molar-refractivity contribution in [2.75, 3.05) is 19.6 Å². The van der Waals surface area contributed by atoms with E-state index in [1.807, 2.05) is 49.4 Å². The lowest BCUT2D eigenvalue weighted by atomic mass is 9.95. The summed E-state index contributed by atoms with van der Waals surface area (Å²) >= 11 is 0. The zero-order valence-electron chi connectivity index (χ0n) is 24.7. The van der Waals surface area contributed by atoms with Gasteiger partial charge < -0.3 is 25.2 Å². The molecule has 0 aliphatic carbocycles. The fourth-order valence-electron chi connectivity index (χ4n) is 5.22. The molecule has 9 nitrogen and oxygen atoms in total. The van der Waals surface area contributed by atoms with Crippen molar-refractivity contribution in [3.8, 4) is 33.9 Å². The lowest BCUT2D eigenvalue weighted by Gasteiger charge is -2.26. The van der Waals surface area contributed by atoms with Gasteiger partial charge in [-0.25, -0.2) is 0 Å². The smallest absolute Gasteiger partial charge is 0.300 e. The number of amides is 1. The summed E-state index contributed by atoms with van der Waals surface area (Å²) in [5, 5.41) is 35.8. The normalized spacial score (nSPS) is 13.2. The zero-order chi connectivity index (χ0) is 30.8. The molecule has 43 heavy (non-hydrogen) atoms. The molecule has 0 unspecified atom stereocenters. The van der Waals surface area contributed by atoms with E-state index in [2.05, 4.69) is 27.5 Å². The number of phenolic OH excluding ortho intramolecular Hbond substituents is 2. The van der Waals surface area contributed by atoms with Gasteiger partial charge in [0, 0.05) is 26.1 Å². The van der Waals surface area contributed by atoms with E-state index in [-0.39, 0.29) is 23.1 Å². The van der Waals surface area contributed by atoms with Gasteiger partial charge in [-0.15, -0.1) is 0 Å². The summed E-state index contributed by atoms with van der Waals surface area (Å²) in [6.45, 7) is 6.50. The molecule has 2 heterocycles. The van der Waals surface area contributed by atoms with E-state index in [0.717, 1.165) is 44.1 Å². The zero-order valence-corrected chi connectivity index (χ0v) is 24.7. The first-order valence-corrected chi connectivity index (χ1v) is 14.6. The minimum absolute atomic E-state index is 0.0132. The molecule has 0 bridgehead atoms. The molecule has 4 aromatic rings. The topological polar surface area (TPSA) is 136 Å². The molecule has 1 amide bonds. The van der Waals surface area contributed by atoms with Gasteiger partial charge in [0.25, 0.3) is 11.9 Å². The lowest BCUT2D eigenvalue weighted by molar-refractivity contribution is -0.134. The van der Waals surface area contributed by atoms with Crippen LogP contribution in [0.3, 0.4) is 0 Å². The maximum absolute atomic E-state index is 12.9. The van der Waals surface area contributed by atoms with Gasteiger partial charge in [-0.1, -0.05) is 66.2 Å². The van der Waals surface area contributed by atoms with Crippen LogP contribution >= 0.6 is 0 Å². The van der Waals surface area contributed by atoms with E-state index in [9.17, 15) is 15.0 Å². The summed E-state index contributed by atoms with van der Waals surface area (Å²) < 4.78 is 5.73. The van der Waals surface area contributed by atoms with Crippen LogP contribution in [0.15, 0.2) is 71.3 Å². The molecule has 5 rings (SSSR count). The second kappa shape index (κ2) is 15.0. The fraction of sp³-hybridized carbons (Fsp3) is 0.324. The molecule has 1 saturated heterocycles. The first-order chi connectivity index (χ1) is 20.8. The molecule has 4 N–H and O–H groups in total. The summed E-state index contributed by atoms with van der Waals surface area (Å²) in [6, 6.07) is 21.2. The first kappa shape index (κ1) is 31.3. The fourth-order valence-corrected chi connectivity index (χ4v) is 5.22. The molecule has 0 atom stereocenters. The van der Waals surface area contributed by atoms with Crippen LogP contribution in [-0.2, 0) is 24.2 Å². The predicted octanol–water partition coefficient (Wildman–Crippen LogP) is 6.03. The molecule has 0 spiro atoms. The summed E-state index contributed by atoms with van der Waals surface area (Å²) in [4.78, 5) is 24.4. The highest BCUT2D eigenvalue weighted by Gasteiger charge is 2.26. The van der Waals surface area contributed by atoms with Crippen LogP contribution in [-0.4, -0.2) is 56.9 Å². The number of hydrogen-bond donors (Lipinski definition) is 4. The SMILES string of the molecule is CC(=O)O.CCNC(=O)c1noc(-c2cc(CCc3ccccc3)c(O)cc2O)c1-c1ccc(CN2CCCCC2)cc1. The van der Waals surface area contributed by atoms with Crippen molar-refractivity contribution in [1.29, 1.82) is 0 Å². The number of phenols is 2. The number of carbonyl (C=O) groups is 2. The average molecular weight is 586 g/mol.